The van der Waals surface area contributed by atoms with Crippen LogP contribution in [0, 0.1) is 13.8 Å². The third-order valence-corrected chi connectivity index (χ3v) is 5.12. The molecule has 6 nitrogen and oxygen atoms in total. The Labute approximate surface area is 143 Å². The van der Waals surface area contributed by atoms with Gasteiger partial charge in [-0.3, -0.25) is 9.48 Å². The molecule has 2 N–H and O–H groups in total. The fourth-order valence-electron chi connectivity index (χ4n) is 2.72. The highest BCUT2D eigenvalue weighted by Crippen LogP contribution is 2.32. The number of nitrogens with one attached hydrogen (secondary N) is 1. The summed E-state index contributed by atoms with van der Waals surface area (Å²) in [5.74, 6) is 0.129. The van der Waals surface area contributed by atoms with Crippen molar-refractivity contribution < 1.29 is 14.3 Å². The largest absolute Gasteiger partial charge is 0.466 e. The van der Waals surface area contributed by atoms with E-state index in [-0.39, 0.29) is 12.5 Å². The van der Waals surface area contributed by atoms with E-state index in [1.165, 1.54) is 17.6 Å². The topological polar surface area (TPSA) is 80.3 Å². The Morgan fingerprint density at radius 2 is 2.21 bits per heavy atom. The zero-order chi connectivity index (χ0) is 17.3. The van der Waals surface area contributed by atoms with E-state index in [1.54, 1.807) is 30.8 Å². The Hall–Kier alpha value is -2.38. The molecule has 3 heterocycles. The predicted octanol–water partition coefficient (Wildman–Crippen LogP) is 2.36. The lowest BCUT2D eigenvalue weighted by Crippen LogP contribution is -2.41. The van der Waals surface area contributed by atoms with Gasteiger partial charge in [-0.25, -0.2) is 0 Å². The summed E-state index contributed by atoms with van der Waals surface area (Å²) in [7, 11) is 1.80. The third kappa shape index (κ3) is 2.76. The molecular weight excluding hydrogens is 326 g/mol. The van der Waals surface area contributed by atoms with E-state index in [2.05, 4.69) is 10.4 Å². The molecule has 3 rings (SSSR count). The standard InChI is InChI=1S/C17H19N3O3S/c1-11-15(12(2)20(3)19-11)16(21)18-10-17(22,13-6-4-8-23-13)14-7-5-9-24-14/h4-9,22H,10H2,1-3H3,(H,18,21)/t17-/m0/s1. The molecule has 24 heavy (non-hydrogen) atoms. The molecule has 3 aromatic heterocycles. The first-order valence-corrected chi connectivity index (χ1v) is 8.40. The van der Waals surface area contributed by atoms with Crippen molar-refractivity contribution in [3.05, 3.63) is 63.5 Å². The number of amides is 1. The molecule has 3 aromatic rings. The lowest BCUT2D eigenvalue weighted by atomic mass is 9.98. The number of hydrogen-bond acceptors (Lipinski definition) is 5. The molecule has 0 saturated carbocycles. The van der Waals surface area contributed by atoms with Gasteiger partial charge in [-0.2, -0.15) is 5.10 Å². The lowest BCUT2D eigenvalue weighted by molar-refractivity contribution is 0.0554. The summed E-state index contributed by atoms with van der Waals surface area (Å²) in [4.78, 5) is 13.3. The molecule has 1 amide bonds. The molecule has 0 aliphatic carbocycles. The number of carbonyl (C=O) groups is 1. The Kier molecular flexibility index (Phi) is 4.29. The van der Waals surface area contributed by atoms with Crippen molar-refractivity contribution in [2.75, 3.05) is 6.54 Å². The van der Waals surface area contributed by atoms with E-state index in [4.69, 9.17) is 4.42 Å². The van der Waals surface area contributed by atoms with Gasteiger partial charge in [-0.05, 0) is 37.4 Å². The van der Waals surface area contributed by atoms with Crippen LogP contribution < -0.4 is 5.32 Å². The summed E-state index contributed by atoms with van der Waals surface area (Å²) in [6, 6.07) is 7.09. The van der Waals surface area contributed by atoms with E-state index in [0.717, 1.165) is 5.69 Å². The van der Waals surface area contributed by atoms with Gasteiger partial charge in [0.15, 0.2) is 5.60 Å². The van der Waals surface area contributed by atoms with Crippen molar-refractivity contribution in [1.29, 1.82) is 0 Å². The minimum absolute atomic E-state index is 0.00757. The quantitative estimate of drug-likeness (QED) is 0.744. The van der Waals surface area contributed by atoms with Crippen LogP contribution in [0.1, 0.15) is 32.4 Å². The van der Waals surface area contributed by atoms with E-state index in [0.29, 0.717) is 21.9 Å². The summed E-state index contributed by atoms with van der Waals surface area (Å²) in [6.07, 6.45) is 1.51. The first-order chi connectivity index (χ1) is 11.4. The van der Waals surface area contributed by atoms with Gasteiger partial charge in [0.25, 0.3) is 5.91 Å². The van der Waals surface area contributed by atoms with Crippen molar-refractivity contribution in [2.45, 2.75) is 19.4 Å². The second kappa shape index (κ2) is 6.26. The average molecular weight is 345 g/mol. The van der Waals surface area contributed by atoms with E-state index < -0.39 is 5.60 Å². The van der Waals surface area contributed by atoms with Crippen LogP contribution in [0.3, 0.4) is 0 Å². The maximum Gasteiger partial charge on any atom is 0.255 e. The van der Waals surface area contributed by atoms with E-state index in [1.807, 2.05) is 24.4 Å². The van der Waals surface area contributed by atoms with Gasteiger partial charge in [-0.1, -0.05) is 6.07 Å². The first kappa shape index (κ1) is 16.5. The number of aryl methyl sites for hydroxylation is 2. The van der Waals surface area contributed by atoms with Crippen LogP contribution in [0.4, 0.5) is 0 Å². The lowest BCUT2D eigenvalue weighted by Gasteiger charge is -2.25. The van der Waals surface area contributed by atoms with Crippen LogP contribution in [-0.4, -0.2) is 27.3 Å². The summed E-state index contributed by atoms with van der Waals surface area (Å²) in [5, 5.41) is 20.1. The van der Waals surface area contributed by atoms with Gasteiger partial charge in [0, 0.05) is 17.6 Å². The fourth-order valence-corrected chi connectivity index (χ4v) is 3.55. The molecule has 0 aliphatic heterocycles. The van der Waals surface area contributed by atoms with Crippen LogP contribution in [0.25, 0.3) is 0 Å². The van der Waals surface area contributed by atoms with Gasteiger partial charge in [-0.15, -0.1) is 11.3 Å². The van der Waals surface area contributed by atoms with Crippen molar-refractivity contribution >= 4 is 17.2 Å². The number of nitrogens with zero attached hydrogens (tertiary/aromatic N) is 2. The maximum atomic E-state index is 12.6. The minimum atomic E-state index is -1.41. The molecule has 0 fully saturated rings. The normalized spacial score (nSPS) is 13.7. The molecule has 126 valence electrons. The average Bonchev–Trinajstić information content (AvgIpc) is 3.28. The SMILES string of the molecule is Cc1nn(C)c(C)c1C(=O)NC[C@](O)(c1ccco1)c1cccs1. The first-order valence-electron chi connectivity index (χ1n) is 7.52. The predicted molar refractivity (Wildman–Crippen MR) is 91.0 cm³/mol. The van der Waals surface area contributed by atoms with Crippen LogP contribution in [0.15, 0.2) is 40.3 Å². The Balaban J connectivity index is 1.86. The third-order valence-electron chi connectivity index (χ3n) is 4.10. The Morgan fingerprint density at radius 1 is 1.42 bits per heavy atom. The zero-order valence-corrected chi connectivity index (χ0v) is 14.6. The van der Waals surface area contributed by atoms with Crippen LogP contribution in [0.2, 0.25) is 0 Å². The number of hydrogen-bond donors (Lipinski definition) is 2. The van der Waals surface area contributed by atoms with Crippen molar-refractivity contribution in [1.82, 2.24) is 15.1 Å². The molecule has 0 unspecified atom stereocenters. The molecule has 7 heteroatoms. The molecule has 0 radical (unpaired) electrons. The zero-order valence-electron chi connectivity index (χ0n) is 13.7. The summed E-state index contributed by atoms with van der Waals surface area (Å²) in [6.45, 7) is 3.64. The van der Waals surface area contributed by atoms with Gasteiger partial charge in [0.2, 0.25) is 0 Å². The second-order valence-corrected chi connectivity index (χ2v) is 6.61. The molecular formula is C17H19N3O3S. The van der Waals surface area contributed by atoms with Crippen molar-refractivity contribution in [3.8, 4) is 0 Å². The molecule has 0 aliphatic rings. The summed E-state index contributed by atoms with van der Waals surface area (Å²) < 4.78 is 7.07. The molecule has 0 saturated heterocycles. The highest BCUT2D eigenvalue weighted by Gasteiger charge is 2.36. The van der Waals surface area contributed by atoms with Gasteiger partial charge in [0.1, 0.15) is 5.76 Å². The number of carbonyl (C=O) groups excluding carboxylic acids is 1. The Bertz CT molecular complexity index is 801. The van der Waals surface area contributed by atoms with E-state index in [9.17, 15) is 9.90 Å². The van der Waals surface area contributed by atoms with Crippen LogP contribution in [-0.2, 0) is 12.6 Å². The monoisotopic (exact) mass is 345 g/mol. The number of aliphatic hydroxyl groups is 1. The van der Waals surface area contributed by atoms with Gasteiger partial charge >= 0.3 is 0 Å². The molecule has 1 atom stereocenters. The van der Waals surface area contributed by atoms with E-state index >= 15 is 0 Å². The van der Waals surface area contributed by atoms with Gasteiger partial charge < -0.3 is 14.8 Å². The highest BCUT2D eigenvalue weighted by atomic mass is 32.1. The minimum Gasteiger partial charge on any atom is -0.466 e. The molecule has 0 bridgehead atoms. The fraction of sp³-hybridized carbons (Fsp3) is 0.294. The Morgan fingerprint density at radius 3 is 2.75 bits per heavy atom. The van der Waals surface area contributed by atoms with Crippen molar-refractivity contribution in [3.63, 3.8) is 0 Å². The highest BCUT2D eigenvalue weighted by molar-refractivity contribution is 7.10. The number of thiophene rings is 1. The number of aromatic nitrogens is 2. The summed E-state index contributed by atoms with van der Waals surface area (Å²) in [5.41, 5.74) is 0.565. The number of furan rings is 1. The van der Waals surface area contributed by atoms with Crippen molar-refractivity contribution in [2.24, 2.45) is 7.05 Å². The van der Waals surface area contributed by atoms with Crippen LogP contribution in [0.5, 0.6) is 0 Å². The van der Waals surface area contributed by atoms with Gasteiger partial charge in [0.05, 0.1) is 24.1 Å². The second-order valence-electron chi connectivity index (χ2n) is 5.67. The summed E-state index contributed by atoms with van der Waals surface area (Å²) >= 11 is 1.41. The smallest absolute Gasteiger partial charge is 0.255 e. The molecule has 0 aromatic carbocycles. The maximum absolute atomic E-state index is 12.6. The number of rotatable bonds is 5. The van der Waals surface area contributed by atoms with Crippen LogP contribution >= 0.6 is 11.3 Å². The molecule has 0 spiro atoms.